The van der Waals surface area contributed by atoms with E-state index < -0.39 is 113 Å². The molecule has 0 aromatic rings. The van der Waals surface area contributed by atoms with E-state index in [4.69, 9.17) is 45.9 Å². The van der Waals surface area contributed by atoms with Gasteiger partial charge in [0.15, 0.2) is 0 Å². The molecule has 2 radical (unpaired) electrons. The summed E-state index contributed by atoms with van der Waals surface area (Å²) < 4.78 is 129. The first-order chi connectivity index (χ1) is 8.66. The van der Waals surface area contributed by atoms with Crippen molar-refractivity contribution in [3.8, 4) is 0 Å². The quantitative estimate of drug-likeness (QED) is 0.204. The van der Waals surface area contributed by atoms with Gasteiger partial charge in [0.2, 0.25) is 0 Å². The van der Waals surface area contributed by atoms with Gasteiger partial charge in [-0.25, -0.2) is 0 Å². The Balaban J connectivity index is -0.0000000161. The summed E-state index contributed by atoms with van der Waals surface area (Å²) >= 11 is -21.5. The van der Waals surface area contributed by atoms with Crippen molar-refractivity contribution in [3.05, 3.63) is 0 Å². The molecule has 15 nitrogen and oxygen atoms in total. The normalized spacial score (nSPS) is 5.42. The predicted molar refractivity (Wildman–Crippen MR) is 14.9 cm³/mol. The van der Waals surface area contributed by atoms with Crippen LogP contribution in [0.3, 0.4) is 0 Å². The molecule has 0 aromatic heterocycles. The maximum absolute atomic E-state index is 8.61. The van der Waals surface area contributed by atoms with Crippen molar-refractivity contribution in [2.45, 2.75) is 0 Å². The van der Waals surface area contributed by atoms with Crippen molar-refractivity contribution >= 4 is 97.8 Å². The molecule has 0 atom stereocenters. The molecular weight excluding hydrogens is 1300 g/mol. The predicted octanol–water partition coefficient (Wildman–Crippen LogP) is -13.3. The third kappa shape index (κ3) is 358. The van der Waals surface area contributed by atoms with Gasteiger partial charge in [-0.3, -0.25) is 0 Å². The van der Waals surface area contributed by atoms with Gasteiger partial charge in [-0.05, 0) is 0 Å². The zero-order chi connectivity index (χ0) is 17.9. The summed E-state index contributed by atoms with van der Waals surface area (Å²) in [7, 11) is 0. The third-order valence-electron chi connectivity index (χ3n) is 0. The molecule has 0 heterocycles. The zero-order valence-corrected chi connectivity index (χ0v) is 35.9. The van der Waals surface area contributed by atoms with E-state index in [0.717, 1.165) is 0 Å². The van der Waals surface area contributed by atoms with Gasteiger partial charge in [-0.2, -0.15) is 0 Å². The summed E-state index contributed by atoms with van der Waals surface area (Å²) in [5.41, 5.74) is 0. The van der Waals surface area contributed by atoms with E-state index in [1.165, 1.54) is 0 Å². The summed E-state index contributed by atoms with van der Waals surface area (Å²) in [4.78, 5) is 0. The van der Waals surface area contributed by atoms with E-state index in [0.29, 0.717) is 0 Å². The van der Waals surface area contributed by atoms with Crippen LogP contribution in [0.5, 0.6) is 0 Å². The van der Waals surface area contributed by atoms with Crippen molar-refractivity contribution in [1.29, 1.82) is 0 Å². The molecule has 0 bridgehead atoms. The molecular formula is Ba2Dy2O15Zr5. The van der Waals surface area contributed by atoms with Gasteiger partial charge in [0.1, 0.15) is 0 Å². The van der Waals surface area contributed by atoms with Crippen LogP contribution in [0.15, 0.2) is 0 Å². The molecule has 0 aliphatic rings. The van der Waals surface area contributed by atoms with Crippen LogP contribution in [0.1, 0.15) is 0 Å². The summed E-state index contributed by atoms with van der Waals surface area (Å²) in [6, 6.07) is 0. The van der Waals surface area contributed by atoms with Crippen molar-refractivity contribution in [2.75, 3.05) is 0 Å². The molecule has 0 rings (SSSR count). The van der Waals surface area contributed by atoms with Gasteiger partial charge >= 0.3 is 333 Å². The Hall–Kier alpha value is 8.70. The van der Waals surface area contributed by atoms with Crippen LogP contribution in [0.25, 0.3) is 0 Å². The second-order valence-electron chi connectivity index (χ2n) is 1.25. The van der Waals surface area contributed by atoms with Crippen LogP contribution in [-0.4, -0.2) is 97.8 Å². The fraction of sp³-hybridized carbons (Fsp3) is 0. The fourth-order valence-electron chi connectivity index (χ4n) is 0. The van der Waals surface area contributed by atoms with E-state index >= 15 is 0 Å². The van der Waals surface area contributed by atoms with Crippen LogP contribution < -0.4 is 31.8 Å². The van der Waals surface area contributed by atoms with Gasteiger partial charge in [0.25, 0.3) is 0 Å². The van der Waals surface area contributed by atoms with Crippen LogP contribution in [0.2, 0.25) is 0 Å². The van der Waals surface area contributed by atoms with Gasteiger partial charge in [-0.15, -0.1) is 0 Å². The molecule has 0 N–H and O–H groups in total. The van der Waals surface area contributed by atoms with E-state index in [2.05, 4.69) is 0 Å². The standard InChI is InChI=1S/2Ba.2Dy.15O.5Zr/q2*+2;2*+3;;;;;;10*-1;;;;;. The minimum atomic E-state index is -4.29. The van der Waals surface area contributed by atoms with Crippen molar-refractivity contribution in [1.82, 2.24) is 0 Å². The summed E-state index contributed by atoms with van der Waals surface area (Å²) in [6.45, 7) is 0. The van der Waals surface area contributed by atoms with Gasteiger partial charge in [0, 0.05) is 0 Å². The first kappa shape index (κ1) is 58.5. The summed E-state index contributed by atoms with van der Waals surface area (Å²) in [5.74, 6) is 0. The molecule has 0 saturated carbocycles. The monoisotopic (exact) mass is 1290 g/mol. The molecule has 0 unspecified atom stereocenters. The van der Waals surface area contributed by atoms with Gasteiger partial charge < -0.3 is 0 Å². The molecule has 0 fully saturated rings. The number of hydrogen-bond donors (Lipinski definition) is 0. The Morgan fingerprint density at radius 1 is 0.333 bits per heavy atom. The Morgan fingerprint density at radius 2 is 0.333 bits per heavy atom. The van der Waals surface area contributed by atoms with Crippen LogP contribution in [-0.2, 0) is 127 Å². The molecule has 134 valence electrons. The minimum absolute atomic E-state index is 0. The maximum atomic E-state index is 8.61. The first-order valence-electron chi connectivity index (χ1n) is 3.06. The van der Waals surface area contributed by atoms with Gasteiger partial charge in [-0.1, -0.05) is 0 Å². The molecule has 0 spiro atoms. The van der Waals surface area contributed by atoms with Crippen molar-refractivity contribution in [2.24, 2.45) is 0 Å². The average Bonchev–Trinajstić information content (AvgIpc) is 1.94. The molecule has 0 aromatic carbocycles. The summed E-state index contributed by atoms with van der Waals surface area (Å²) in [5, 5.41) is 0. The molecule has 24 heavy (non-hydrogen) atoms. The molecule has 0 saturated heterocycles. The zero-order valence-electron chi connectivity index (χ0n) is 10.7. The van der Waals surface area contributed by atoms with Crippen LogP contribution >= 0.6 is 0 Å². The Morgan fingerprint density at radius 3 is 0.333 bits per heavy atom. The number of hydrogen-bond acceptors (Lipinski definition) is 15. The number of rotatable bonds is 0. The molecule has 24 heteroatoms. The van der Waals surface area contributed by atoms with E-state index in [-0.39, 0.29) is 174 Å². The van der Waals surface area contributed by atoms with Crippen molar-refractivity contribution < 1.29 is 235 Å². The van der Waals surface area contributed by atoms with Crippen LogP contribution in [0.4, 0.5) is 0 Å². The summed E-state index contributed by atoms with van der Waals surface area (Å²) in [6.07, 6.45) is 0. The molecule has 0 amide bonds. The Labute approximate surface area is 322 Å². The molecule has 0 aliphatic carbocycles. The van der Waals surface area contributed by atoms with Gasteiger partial charge in [0.05, 0.1) is 0 Å². The first-order valence-corrected chi connectivity index (χ1v) is 18.1. The van der Waals surface area contributed by atoms with E-state index in [1.54, 1.807) is 0 Å². The van der Waals surface area contributed by atoms with E-state index in [1.807, 2.05) is 0 Å². The SMILES string of the molecule is [Ba+2].[Ba+2].[Dy+3].[Dy+3].[O]=[Zr]([O-])[O-].[O]=[Zr]([O-])[O-].[O]=[Zr]([O-])[O-].[O]=[Zr]([O-])[O-].[O]=[Zr]([O-])[O-]. The average molecular weight is 1300 g/mol. The van der Waals surface area contributed by atoms with Crippen LogP contribution in [0, 0.1) is 76.3 Å². The van der Waals surface area contributed by atoms with E-state index in [9.17, 15) is 0 Å². The third-order valence-corrected chi connectivity index (χ3v) is 0. The second kappa shape index (κ2) is 53.2. The van der Waals surface area contributed by atoms with Crippen molar-refractivity contribution in [3.63, 3.8) is 0 Å². The second-order valence-corrected chi connectivity index (χ2v) is 7.40. The Kier molecular flexibility index (Phi) is 130. The fourth-order valence-corrected chi connectivity index (χ4v) is 0. The topological polar surface area (TPSA) is 316 Å². The molecule has 0 aliphatic heterocycles. The Bertz CT molecular complexity index is 221.